The van der Waals surface area contributed by atoms with E-state index in [4.69, 9.17) is 4.42 Å². The fraction of sp³-hybridized carbons (Fsp3) is 0.238. The van der Waals surface area contributed by atoms with Crippen molar-refractivity contribution in [2.24, 2.45) is 0 Å². The number of oxazole rings is 1. The molecule has 0 aliphatic rings. The molecule has 2 heterocycles. The lowest BCUT2D eigenvalue weighted by Gasteiger charge is -2.11. The van der Waals surface area contributed by atoms with Gasteiger partial charge in [-0.05, 0) is 61.4 Å². The van der Waals surface area contributed by atoms with Gasteiger partial charge in [-0.1, -0.05) is 11.8 Å². The average molecular weight is 397 g/mol. The van der Waals surface area contributed by atoms with Gasteiger partial charge in [-0.15, -0.1) is 0 Å². The van der Waals surface area contributed by atoms with Crippen molar-refractivity contribution in [3.8, 4) is 11.3 Å². The first-order valence-corrected chi connectivity index (χ1v) is 9.93. The summed E-state index contributed by atoms with van der Waals surface area (Å²) in [7, 11) is 0. The number of aryl methyl sites for hydroxylation is 2. The molecule has 2 aromatic heterocycles. The van der Waals surface area contributed by atoms with Crippen molar-refractivity contribution < 1.29 is 13.9 Å². The van der Waals surface area contributed by atoms with E-state index in [1.54, 1.807) is 24.7 Å². The normalized spacial score (nSPS) is 12.6. The minimum Gasteiger partial charge on any atom is -0.431 e. The van der Waals surface area contributed by atoms with Crippen LogP contribution < -0.4 is 0 Å². The summed E-state index contributed by atoms with van der Waals surface area (Å²) in [6, 6.07) is 10.2. The van der Waals surface area contributed by atoms with E-state index in [-0.39, 0.29) is 5.82 Å². The molecule has 0 fully saturated rings. The maximum absolute atomic E-state index is 13.0. The zero-order chi connectivity index (χ0) is 19.7. The van der Waals surface area contributed by atoms with Crippen molar-refractivity contribution in [2.45, 2.75) is 31.7 Å². The predicted octanol–water partition coefficient (Wildman–Crippen LogP) is 4.60. The van der Waals surface area contributed by atoms with Gasteiger partial charge in [-0.3, -0.25) is 0 Å². The number of hydrogen-bond acceptors (Lipinski definition) is 5. The minimum absolute atomic E-state index is 0.293. The number of fused-ring (bicyclic) bond motifs is 1. The van der Waals surface area contributed by atoms with Crippen LogP contribution in [0.25, 0.3) is 22.4 Å². The van der Waals surface area contributed by atoms with Gasteiger partial charge in [0.25, 0.3) is 5.22 Å². The number of aromatic nitrogens is 3. The lowest BCUT2D eigenvalue weighted by molar-refractivity contribution is 0.179. The summed E-state index contributed by atoms with van der Waals surface area (Å²) in [5.74, 6) is 0.718. The van der Waals surface area contributed by atoms with Crippen LogP contribution in [-0.4, -0.2) is 31.5 Å². The van der Waals surface area contributed by atoms with Gasteiger partial charge in [-0.2, -0.15) is 0 Å². The molecule has 2 aromatic carbocycles. The van der Waals surface area contributed by atoms with Gasteiger partial charge >= 0.3 is 0 Å². The second kappa shape index (κ2) is 7.77. The summed E-state index contributed by atoms with van der Waals surface area (Å²) in [6.07, 6.45) is 2.79. The van der Waals surface area contributed by atoms with Crippen LogP contribution in [0, 0.1) is 19.7 Å². The Labute approximate surface area is 166 Å². The molecule has 0 saturated carbocycles. The van der Waals surface area contributed by atoms with Crippen molar-refractivity contribution in [3.05, 3.63) is 65.9 Å². The molecule has 7 heteroatoms. The Bertz CT molecular complexity index is 1100. The van der Waals surface area contributed by atoms with Gasteiger partial charge in [0.1, 0.15) is 5.82 Å². The first kappa shape index (κ1) is 18.7. The summed E-state index contributed by atoms with van der Waals surface area (Å²) < 4.78 is 20.7. The van der Waals surface area contributed by atoms with Crippen molar-refractivity contribution >= 4 is 22.8 Å². The molecule has 28 heavy (non-hydrogen) atoms. The molecule has 0 radical (unpaired) electrons. The molecule has 0 amide bonds. The van der Waals surface area contributed by atoms with Crippen LogP contribution in [0.5, 0.6) is 0 Å². The second-order valence-electron chi connectivity index (χ2n) is 6.78. The first-order chi connectivity index (χ1) is 13.5. The maximum atomic E-state index is 13.0. The number of aliphatic hydroxyl groups is 1. The molecule has 0 aliphatic carbocycles. The topological polar surface area (TPSA) is 64.1 Å². The van der Waals surface area contributed by atoms with Gasteiger partial charge in [0.15, 0.2) is 5.76 Å². The quantitative estimate of drug-likeness (QED) is 0.482. The third-order valence-electron chi connectivity index (χ3n) is 4.66. The summed E-state index contributed by atoms with van der Waals surface area (Å²) in [5.41, 5.74) is 5.11. The van der Waals surface area contributed by atoms with Crippen LogP contribution in [-0.2, 0) is 6.54 Å². The van der Waals surface area contributed by atoms with E-state index in [1.807, 2.05) is 4.57 Å². The van der Waals surface area contributed by atoms with Crippen LogP contribution in [0.2, 0.25) is 0 Å². The molecule has 0 aliphatic heterocycles. The number of nitrogens with zero attached hydrogens (tertiary/aromatic N) is 3. The lowest BCUT2D eigenvalue weighted by atomic mass is 10.1. The molecule has 0 saturated heterocycles. The summed E-state index contributed by atoms with van der Waals surface area (Å²) in [6.45, 7) is 4.58. The van der Waals surface area contributed by atoms with Crippen LogP contribution in [0.15, 0.2) is 58.6 Å². The molecule has 1 atom stereocenters. The van der Waals surface area contributed by atoms with Crippen LogP contribution in [0.1, 0.15) is 11.1 Å². The average Bonchev–Trinajstić information content (AvgIpc) is 3.29. The van der Waals surface area contributed by atoms with Crippen molar-refractivity contribution in [2.75, 3.05) is 5.75 Å². The summed E-state index contributed by atoms with van der Waals surface area (Å²) >= 11 is 1.34. The molecule has 144 valence electrons. The predicted molar refractivity (Wildman–Crippen MR) is 108 cm³/mol. The fourth-order valence-corrected chi connectivity index (χ4v) is 3.69. The smallest absolute Gasteiger partial charge is 0.256 e. The second-order valence-corrected chi connectivity index (χ2v) is 7.76. The lowest BCUT2D eigenvalue weighted by Crippen LogP contribution is -2.18. The van der Waals surface area contributed by atoms with E-state index in [0.29, 0.717) is 23.3 Å². The Morgan fingerprint density at radius 2 is 1.89 bits per heavy atom. The Kier molecular flexibility index (Phi) is 5.19. The number of imidazole rings is 1. The van der Waals surface area contributed by atoms with Crippen LogP contribution in [0.3, 0.4) is 0 Å². The summed E-state index contributed by atoms with van der Waals surface area (Å²) in [5, 5.41) is 10.9. The van der Waals surface area contributed by atoms with E-state index >= 15 is 0 Å². The van der Waals surface area contributed by atoms with Gasteiger partial charge in [0, 0.05) is 11.3 Å². The molecule has 0 unspecified atom stereocenters. The SMILES string of the molecule is Cc1cc2ncn(C[C@H](O)CSc3ncc(-c4ccc(F)cc4)o3)c2cc1C. The Morgan fingerprint density at radius 1 is 1.14 bits per heavy atom. The van der Waals surface area contributed by atoms with Gasteiger partial charge in [0.2, 0.25) is 0 Å². The fourth-order valence-electron chi connectivity index (χ4n) is 2.98. The molecule has 0 spiro atoms. The van der Waals surface area contributed by atoms with E-state index in [0.717, 1.165) is 16.6 Å². The highest BCUT2D eigenvalue weighted by Gasteiger charge is 2.13. The van der Waals surface area contributed by atoms with E-state index in [2.05, 4.69) is 35.9 Å². The highest BCUT2D eigenvalue weighted by molar-refractivity contribution is 7.99. The Morgan fingerprint density at radius 3 is 2.68 bits per heavy atom. The third kappa shape index (κ3) is 3.95. The number of thioether (sulfide) groups is 1. The third-order valence-corrected chi connectivity index (χ3v) is 5.64. The largest absolute Gasteiger partial charge is 0.431 e. The standard InChI is InChI=1S/C21H20FN3O2S/c1-13-7-18-19(8-14(13)2)25(12-24-18)10-17(26)11-28-21-23-9-20(27-21)15-3-5-16(22)6-4-15/h3-9,12,17,26H,10-11H2,1-2H3/t17-/m0/s1. The first-order valence-electron chi connectivity index (χ1n) is 8.94. The number of benzene rings is 2. The summed E-state index contributed by atoms with van der Waals surface area (Å²) in [4.78, 5) is 8.65. The van der Waals surface area contributed by atoms with E-state index in [9.17, 15) is 9.50 Å². The molecular formula is C21H20FN3O2S. The van der Waals surface area contributed by atoms with Crippen molar-refractivity contribution in [1.82, 2.24) is 14.5 Å². The molecule has 0 bridgehead atoms. The van der Waals surface area contributed by atoms with Crippen LogP contribution in [0.4, 0.5) is 4.39 Å². The molecular weight excluding hydrogens is 377 g/mol. The van der Waals surface area contributed by atoms with E-state index < -0.39 is 6.10 Å². The molecule has 4 rings (SSSR count). The number of aliphatic hydroxyl groups excluding tert-OH is 1. The zero-order valence-corrected chi connectivity index (χ0v) is 16.4. The highest BCUT2D eigenvalue weighted by atomic mass is 32.2. The van der Waals surface area contributed by atoms with Crippen molar-refractivity contribution in [3.63, 3.8) is 0 Å². The molecule has 1 N–H and O–H groups in total. The van der Waals surface area contributed by atoms with Crippen LogP contribution >= 0.6 is 11.8 Å². The van der Waals surface area contributed by atoms with Gasteiger partial charge in [-0.25, -0.2) is 14.4 Å². The Balaban J connectivity index is 1.39. The number of hydrogen-bond donors (Lipinski definition) is 1. The van der Waals surface area contributed by atoms with Crippen molar-refractivity contribution in [1.29, 1.82) is 0 Å². The molecule has 4 aromatic rings. The Hall–Kier alpha value is -2.64. The molecule has 5 nitrogen and oxygen atoms in total. The number of halogens is 1. The zero-order valence-electron chi connectivity index (χ0n) is 15.6. The maximum Gasteiger partial charge on any atom is 0.256 e. The van der Waals surface area contributed by atoms with Gasteiger partial charge < -0.3 is 14.1 Å². The highest BCUT2D eigenvalue weighted by Crippen LogP contribution is 2.26. The van der Waals surface area contributed by atoms with E-state index in [1.165, 1.54) is 35.0 Å². The number of rotatable bonds is 6. The minimum atomic E-state index is -0.579. The van der Waals surface area contributed by atoms with Gasteiger partial charge in [0.05, 0.1) is 36.2 Å². The monoisotopic (exact) mass is 397 g/mol.